The Kier molecular flexibility index (Phi) is 2.45. The van der Waals surface area contributed by atoms with Crippen molar-refractivity contribution in [2.45, 2.75) is 0 Å². The first kappa shape index (κ1) is 11.3. The molecule has 0 atom stereocenters. The molecule has 2 heterocycles. The van der Waals surface area contributed by atoms with Crippen molar-refractivity contribution in [1.82, 2.24) is 14.9 Å². The van der Waals surface area contributed by atoms with Crippen LogP contribution in [0.5, 0.6) is 5.75 Å². The molecule has 1 aromatic carbocycles. The van der Waals surface area contributed by atoms with Gasteiger partial charge in [-0.3, -0.25) is 9.78 Å². The monoisotopic (exact) mass is 257 g/mol. The van der Waals surface area contributed by atoms with Crippen molar-refractivity contribution in [2.75, 3.05) is 7.11 Å². The number of nitrogens with zero attached hydrogens (tertiary/aromatic N) is 3. The fourth-order valence-electron chi connectivity index (χ4n) is 1.84. The molecule has 0 saturated carbocycles. The number of aromatic amines is 1. The van der Waals surface area contributed by atoms with Crippen LogP contribution in [0.3, 0.4) is 0 Å². The summed E-state index contributed by atoms with van der Waals surface area (Å²) < 4.78 is 6.04. The van der Waals surface area contributed by atoms with Gasteiger partial charge in [-0.2, -0.15) is 0 Å². The number of H-pyrrole nitrogens is 1. The SMILES string of the molecule is COc1ccc(-n2c(=O)[nH]c3c(c2=O)N=C[N]3)cc1. The van der Waals surface area contributed by atoms with Crippen molar-refractivity contribution in [3.63, 3.8) is 0 Å². The summed E-state index contributed by atoms with van der Waals surface area (Å²) in [6, 6.07) is 6.58. The highest BCUT2D eigenvalue weighted by Crippen LogP contribution is 2.20. The zero-order valence-electron chi connectivity index (χ0n) is 9.95. The summed E-state index contributed by atoms with van der Waals surface area (Å²) in [5.74, 6) is 0.835. The molecule has 1 aromatic heterocycles. The second-order valence-corrected chi connectivity index (χ2v) is 3.84. The molecule has 1 aliphatic heterocycles. The summed E-state index contributed by atoms with van der Waals surface area (Å²) in [6.07, 6.45) is 1.24. The van der Waals surface area contributed by atoms with Crippen LogP contribution >= 0.6 is 0 Å². The van der Waals surface area contributed by atoms with Crippen LogP contribution in [0.4, 0.5) is 11.5 Å². The van der Waals surface area contributed by atoms with Crippen molar-refractivity contribution < 1.29 is 4.74 Å². The number of nitrogens with one attached hydrogen (secondary N) is 1. The number of hydrogen-bond donors (Lipinski definition) is 1. The molecule has 0 aliphatic carbocycles. The Morgan fingerprint density at radius 1 is 1.21 bits per heavy atom. The average Bonchev–Trinajstić information content (AvgIpc) is 2.88. The van der Waals surface area contributed by atoms with Gasteiger partial charge in [0.05, 0.1) is 12.8 Å². The number of aromatic nitrogens is 2. The number of benzene rings is 1. The van der Waals surface area contributed by atoms with Gasteiger partial charge in [0.2, 0.25) is 0 Å². The van der Waals surface area contributed by atoms with Crippen LogP contribution in [-0.2, 0) is 0 Å². The Morgan fingerprint density at radius 3 is 2.63 bits per heavy atom. The molecule has 0 amide bonds. The molecule has 1 radical (unpaired) electrons. The quantitative estimate of drug-likeness (QED) is 0.846. The lowest BCUT2D eigenvalue weighted by Crippen LogP contribution is -2.33. The van der Waals surface area contributed by atoms with Gasteiger partial charge in [0.1, 0.15) is 12.1 Å². The summed E-state index contributed by atoms with van der Waals surface area (Å²) in [7, 11) is 1.54. The van der Waals surface area contributed by atoms with Crippen LogP contribution in [0.2, 0.25) is 0 Å². The third kappa shape index (κ3) is 1.71. The normalized spacial score (nSPS) is 12.1. The largest absolute Gasteiger partial charge is 0.497 e. The maximum absolute atomic E-state index is 12.2. The maximum Gasteiger partial charge on any atom is 0.334 e. The van der Waals surface area contributed by atoms with Crippen molar-refractivity contribution in [2.24, 2.45) is 4.99 Å². The van der Waals surface area contributed by atoms with E-state index < -0.39 is 11.2 Å². The van der Waals surface area contributed by atoms with Gasteiger partial charge in [-0.15, -0.1) is 0 Å². The van der Waals surface area contributed by atoms with E-state index in [0.717, 1.165) is 4.57 Å². The highest BCUT2D eigenvalue weighted by Gasteiger charge is 2.18. The molecule has 0 spiro atoms. The summed E-state index contributed by atoms with van der Waals surface area (Å²) in [4.78, 5) is 30.4. The highest BCUT2D eigenvalue weighted by molar-refractivity contribution is 5.78. The van der Waals surface area contributed by atoms with E-state index in [4.69, 9.17) is 4.74 Å². The minimum atomic E-state index is -0.553. The van der Waals surface area contributed by atoms with Crippen LogP contribution in [0, 0.1) is 0 Å². The fraction of sp³-hybridized carbons (Fsp3) is 0.0833. The molecule has 0 bridgehead atoms. The van der Waals surface area contributed by atoms with Crippen LogP contribution in [0.15, 0.2) is 38.8 Å². The van der Waals surface area contributed by atoms with E-state index in [2.05, 4.69) is 15.3 Å². The van der Waals surface area contributed by atoms with Gasteiger partial charge < -0.3 is 4.74 Å². The van der Waals surface area contributed by atoms with Crippen LogP contribution in [-0.4, -0.2) is 23.0 Å². The summed E-state index contributed by atoms with van der Waals surface area (Å²) in [6.45, 7) is 0. The van der Waals surface area contributed by atoms with Gasteiger partial charge in [0.25, 0.3) is 5.56 Å². The molecule has 19 heavy (non-hydrogen) atoms. The standard InChI is InChI=1S/C12H9N4O3/c1-19-8-4-2-7(3-5-8)16-11(17)9-10(14-6-13-9)15-12(16)18/h2-6H,1H3,(H,15,18). The summed E-state index contributed by atoms with van der Waals surface area (Å²) >= 11 is 0. The molecule has 1 N–H and O–H groups in total. The first-order chi connectivity index (χ1) is 9.20. The zero-order chi connectivity index (χ0) is 13.4. The van der Waals surface area contributed by atoms with Crippen molar-refractivity contribution >= 4 is 17.8 Å². The highest BCUT2D eigenvalue weighted by atomic mass is 16.5. The molecule has 0 fully saturated rings. The number of ether oxygens (including phenoxy) is 1. The molecule has 3 rings (SSSR count). The number of fused-ring (bicyclic) bond motifs is 1. The molecular weight excluding hydrogens is 248 g/mol. The lowest BCUT2D eigenvalue weighted by molar-refractivity contribution is 0.414. The molecule has 7 nitrogen and oxygen atoms in total. The number of hydrogen-bond acceptors (Lipinski definition) is 4. The predicted molar refractivity (Wildman–Crippen MR) is 69.2 cm³/mol. The van der Waals surface area contributed by atoms with E-state index in [1.165, 1.54) is 6.34 Å². The second-order valence-electron chi connectivity index (χ2n) is 3.84. The Labute approximate surface area is 107 Å². The Morgan fingerprint density at radius 2 is 1.95 bits per heavy atom. The maximum atomic E-state index is 12.2. The third-order valence-electron chi connectivity index (χ3n) is 2.76. The van der Waals surface area contributed by atoms with Gasteiger partial charge in [0.15, 0.2) is 11.5 Å². The topological polar surface area (TPSA) is 90.6 Å². The van der Waals surface area contributed by atoms with Gasteiger partial charge in [-0.1, -0.05) is 0 Å². The molecule has 2 aromatic rings. The van der Waals surface area contributed by atoms with Gasteiger partial charge in [-0.05, 0) is 24.3 Å². The molecular formula is C12H9N4O3. The van der Waals surface area contributed by atoms with Crippen molar-refractivity contribution in [1.29, 1.82) is 0 Å². The van der Waals surface area contributed by atoms with E-state index in [0.29, 0.717) is 11.4 Å². The lowest BCUT2D eigenvalue weighted by Gasteiger charge is -2.06. The van der Waals surface area contributed by atoms with Crippen LogP contribution in [0.25, 0.3) is 5.69 Å². The van der Waals surface area contributed by atoms with E-state index in [-0.39, 0.29) is 11.5 Å². The van der Waals surface area contributed by atoms with Crippen molar-refractivity contribution in [3.05, 3.63) is 45.1 Å². The molecule has 0 saturated heterocycles. The van der Waals surface area contributed by atoms with Gasteiger partial charge in [0, 0.05) is 0 Å². The Hall–Kier alpha value is -2.83. The first-order valence-corrected chi connectivity index (χ1v) is 5.48. The lowest BCUT2D eigenvalue weighted by atomic mass is 10.3. The number of aliphatic imine (C=N–C) groups is 1. The smallest absolute Gasteiger partial charge is 0.334 e. The predicted octanol–water partition coefficient (Wildman–Crippen LogP) is 0.444. The Bertz CT molecular complexity index is 771. The molecule has 7 heteroatoms. The fourth-order valence-corrected chi connectivity index (χ4v) is 1.84. The average molecular weight is 257 g/mol. The number of rotatable bonds is 2. The van der Waals surface area contributed by atoms with Gasteiger partial charge in [-0.25, -0.2) is 19.7 Å². The zero-order valence-corrected chi connectivity index (χ0v) is 9.95. The summed E-state index contributed by atoms with van der Waals surface area (Å²) in [5.41, 5.74) is -0.475. The van der Waals surface area contributed by atoms with E-state index in [9.17, 15) is 9.59 Å². The van der Waals surface area contributed by atoms with Crippen LogP contribution in [0.1, 0.15) is 0 Å². The first-order valence-electron chi connectivity index (χ1n) is 5.48. The van der Waals surface area contributed by atoms with E-state index in [1.807, 2.05) is 0 Å². The van der Waals surface area contributed by atoms with Gasteiger partial charge >= 0.3 is 5.69 Å². The minimum Gasteiger partial charge on any atom is -0.497 e. The number of methoxy groups -OCH3 is 1. The third-order valence-corrected chi connectivity index (χ3v) is 2.76. The van der Waals surface area contributed by atoms with E-state index in [1.54, 1.807) is 31.4 Å². The van der Waals surface area contributed by atoms with E-state index >= 15 is 0 Å². The van der Waals surface area contributed by atoms with Crippen molar-refractivity contribution in [3.8, 4) is 11.4 Å². The van der Waals surface area contributed by atoms with Crippen LogP contribution < -0.4 is 21.3 Å². The molecule has 95 valence electrons. The summed E-state index contributed by atoms with van der Waals surface area (Å²) in [5, 5.41) is 3.80. The molecule has 0 unspecified atom stereocenters. The Balaban J connectivity index is 2.22. The second kappa shape index (κ2) is 4.13. The minimum absolute atomic E-state index is 0.135. The molecule has 1 aliphatic rings.